The molecule has 0 radical (unpaired) electrons. The van der Waals surface area contributed by atoms with Gasteiger partial charge in [0.15, 0.2) is 0 Å². The van der Waals surface area contributed by atoms with E-state index in [2.05, 4.69) is 45.4 Å². The van der Waals surface area contributed by atoms with Gasteiger partial charge in [0, 0.05) is 17.3 Å². The Morgan fingerprint density at radius 1 is 1.36 bits per heavy atom. The van der Waals surface area contributed by atoms with Crippen LogP contribution in [0.2, 0.25) is 0 Å². The molecule has 0 aromatic rings. The number of hydrogen-bond acceptors (Lipinski definition) is 6. The Bertz CT molecular complexity index is 401. The van der Waals surface area contributed by atoms with Crippen LogP contribution in [0.1, 0.15) is 53.9 Å². The predicted octanol–water partition coefficient (Wildman–Crippen LogP) is 4.96. The predicted molar refractivity (Wildman–Crippen MR) is 96.7 cm³/mol. The van der Waals surface area contributed by atoms with Crippen LogP contribution in [0.4, 0.5) is 0 Å². The van der Waals surface area contributed by atoms with E-state index < -0.39 is 8.53 Å². The molecule has 126 valence electrons. The van der Waals surface area contributed by atoms with Gasteiger partial charge in [-0.2, -0.15) is 5.26 Å². The lowest BCUT2D eigenvalue weighted by atomic mass is 10.1. The van der Waals surface area contributed by atoms with E-state index in [1.807, 2.05) is 21.6 Å². The Hall–Kier alpha value is 0.500. The van der Waals surface area contributed by atoms with E-state index in [-0.39, 0.29) is 10.9 Å². The van der Waals surface area contributed by atoms with Crippen LogP contribution in [0.25, 0.3) is 0 Å². The Labute approximate surface area is 144 Å². The molecular formula is C15H27N2O2PS2. The molecule has 0 aromatic carbocycles. The van der Waals surface area contributed by atoms with E-state index in [1.165, 1.54) is 12.8 Å². The van der Waals surface area contributed by atoms with Crippen molar-refractivity contribution >= 4 is 30.1 Å². The maximum atomic E-state index is 8.77. The van der Waals surface area contributed by atoms with Gasteiger partial charge in [-0.3, -0.25) is 0 Å². The van der Waals surface area contributed by atoms with Gasteiger partial charge < -0.3 is 9.05 Å². The largest absolute Gasteiger partial charge is 0.321 e. The monoisotopic (exact) mass is 362 g/mol. The number of fused-ring (bicyclic) bond motifs is 2. The molecule has 1 aliphatic carbocycles. The van der Waals surface area contributed by atoms with Gasteiger partial charge in [0.1, 0.15) is 0 Å². The van der Waals surface area contributed by atoms with Crippen molar-refractivity contribution in [1.29, 1.82) is 5.26 Å². The van der Waals surface area contributed by atoms with Crippen LogP contribution in [0.3, 0.4) is 0 Å². The van der Waals surface area contributed by atoms with Crippen molar-refractivity contribution in [2.75, 3.05) is 6.61 Å². The SMILES string of the molecule is CC(C)N(C(C)C)P(OCCC#N)OC1C2CCC1(C)SS2. The summed E-state index contributed by atoms with van der Waals surface area (Å²) in [6, 6.07) is 2.88. The molecule has 1 heterocycles. The van der Waals surface area contributed by atoms with Gasteiger partial charge in [-0.15, -0.1) is 0 Å². The van der Waals surface area contributed by atoms with E-state index in [4.69, 9.17) is 14.3 Å². The van der Waals surface area contributed by atoms with Crippen LogP contribution in [0, 0.1) is 11.3 Å². The van der Waals surface area contributed by atoms with Gasteiger partial charge in [-0.1, -0.05) is 21.6 Å². The standard InChI is InChI=1S/C15H27N2O2PS2/c1-11(2)17(12(3)4)20(18-10-6-9-16)19-14-13-7-8-15(14,5)22-21-13/h11-14H,6-8,10H2,1-5H3. The summed E-state index contributed by atoms with van der Waals surface area (Å²) < 4.78 is 15.1. The molecule has 0 spiro atoms. The van der Waals surface area contributed by atoms with Crippen LogP contribution in [-0.4, -0.2) is 39.5 Å². The highest BCUT2D eigenvalue weighted by atomic mass is 33.1. The lowest BCUT2D eigenvalue weighted by Gasteiger charge is -2.38. The van der Waals surface area contributed by atoms with Crippen molar-refractivity contribution in [3.8, 4) is 6.07 Å². The summed E-state index contributed by atoms with van der Waals surface area (Å²) in [5.41, 5.74) is 0. The van der Waals surface area contributed by atoms with E-state index in [0.717, 1.165) is 0 Å². The zero-order valence-corrected chi connectivity index (χ0v) is 16.6. The maximum absolute atomic E-state index is 8.77. The second-order valence-electron chi connectivity index (χ2n) is 6.64. The first-order valence-corrected chi connectivity index (χ1v) is 11.3. The first kappa shape index (κ1) is 18.8. The van der Waals surface area contributed by atoms with Crippen molar-refractivity contribution in [2.45, 2.75) is 82.1 Å². The molecule has 4 nitrogen and oxygen atoms in total. The Kier molecular flexibility index (Phi) is 6.89. The van der Waals surface area contributed by atoms with Crippen molar-refractivity contribution in [2.24, 2.45) is 0 Å². The zero-order chi connectivity index (χ0) is 16.3. The summed E-state index contributed by atoms with van der Waals surface area (Å²) >= 11 is 0. The van der Waals surface area contributed by atoms with Gasteiger partial charge in [-0.25, -0.2) is 4.67 Å². The minimum absolute atomic E-state index is 0.216. The molecule has 2 aliphatic rings. The van der Waals surface area contributed by atoms with Crippen LogP contribution < -0.4 is 0 Å². The summed E-state index contributed by atoms with van der Waals surface area (Å²) in [6.45, 7) is 11.5. The molecule has 1 saturated heterocycles. The third-order valence-corrected chi connectivity index (χ3v) is 10.0. The number of hydrogen-bond donors (Lipinski definition) is 0. The van der Waals surface area contributed by atoms with Crippen LogP contribution >= 0.6 is 30.1 Å². The molecule has 0 aromatic heterocycles. The number of rotatable bonds is 8. The minimum Gasteiger partial charge on any atom is -0.321 e. The van der Waals surface area contributed by atoms with Crippen molar-refractivity contribution in [3.05, 3.63) is 0 Å². The second-order valence-corrected chi connectivity index (χ2v) is 11.0. The maximum Gasteiger partial charge on any atom is 0.259 e. The number of nitriles is 1. The van der Waals surface area contributed by atoms with E-state index in [0.29, 0.717) is 30.4 Å². The average Bonchev–Trinajstić information content (AvgIpc) is 2.90. The summed E-state index contributed by atoms with van der Waals surface area (Å²) in [4.78, 5) is 0. The van der Waals surface area contributed by atoms with Gasteiger partial charge in [0.05, 0.1) is 29.9 Å². The molecule has 4 unspecified atom stereocenters. The lowest BCUT2D eigenvalue weighted by Crippen LogP contribution is -2.38. The summed E-state index contributed by atoms with van der Waals surface area (Å²) in [5, 5.41) is 9.36. The van der Waals surface area contributed by atoms with Gasteiger partial charge >= 0.3 is 0 Å². The van der Waals surface area contributed by atoms with Crippen LogP contribution in [0.5, 0.6) is 0 Å². The molecule has 2 bridgehead atoms. The second kappa shape index (κ2) is 8.05. The molecular weight excluding hydrogens is 335 g/mol. The fraction of sp³-hybridized carbons (Fsp3) is 0.933. The van der Waals surface area contributed by atoms with Gasteiger partial charge in [-0.05, 0) is 47.5 Å². The number of nitrogens with zero attached hydrogens (tertiary/aromatic N) is 2. The van der Waals surface area contributed by atoms with Crippen molar-refractivity contribution in [1.82, 2.24) is 4.67 Å². The van der Waals surface area contributed by atoms with Gasteiger partial charge in [0.2, 0.25) is 0 Å². The highest BCUT2D eigenvalue weighted by Gasteiger charge is 2.55. The third kappa shape index (κ3) is 4.12. The summed E-state index contributed by atoms with van der Waals surface area (Å²) in [6.07, 6.45) is 3.14. The molecule has 2 rings (SSSR count). The van der Waals surface area contributed by atoms with Gasteiger partial charge in [0.25, 0.3) is 8.53 Å². The molecule has 7 heteroatoms. The smallest absolute Gasteiger partial charge is 0.259 e. The summed E-state index contributed by atoms with van der Waals surface area (Å²) in [7, 11) is 2.84. The molecule has 22 heavy (non-hydrogen) atoms. The van der Waals surface area contributed by atoms with Crippen LogP contribution in [-0.2, 0) is 9.05 Å². The average molecular weight is 363 g/mol. The topological polar surface area (TPSA) is 45.5 Å². The lowest BCUT2D eigenvalue weighted by molar-refractivity contribution is 0.126. The third-order valence-electron chi connectivity index (χ3n) is 4.09. The van der Waals surface area contributed by atoms with Crippen molar-refractivity contribution in [3.63, 3.8) is 0 Å². The molecule has 2 fully saturated rings. The molecule has 4 atom stereocenters. The Balaban J connectivity index is 2.08. The van der Waals surface area contributed by atoms with Crippen molar-refractivity contribution < 1.29 is 9.05 Å². The Morgan fingerprint density at radius 2 is 2.05 bits per heavy atom. The van der Waals surface area contributed by atoms with Crippen LogP contribution in [0.15, 0.2) is 0 Å². The van der Waals surface area contributed by atoms with E-state index >= 15 is 0 Å². The normalized spacial score (nSPS) is 32.1. The highest BCUT2D eigenvalue weighted by molar-refractivity contribution is 8.78. The molecule has 0 amide bonds. The first-order valence-electron chi connectivity index (χ1n) is 7.98. The Morgan fingerprint density at radius 3 is 2.45 bits per heavy atom. The zero-order valence-electron chi connectivity index (χ0n) is 14.1. The minimum atomic E-state index is -1.12. The molecule has 0 N–H and O–H groups in total. The van der Waals surface area contributed by atoms with E-state index in [1.54, 1.807) is 0 Å². The fourth-order valence-corrected chi connectivity index (χ4v) is 8.84. The highest BCUT2D eigenvalue weighted by Crippen LogP contribution is 2.64. The quantitative estimate of drug-likeness (QED) is 0.345. The summed E-state index contributed by atoms with van der Waals surface area (Å²) in [5.74, 6) is 0. The first-order chi connectivity index (χ1) is 10.4. The fourth-order valence-electron chi connectivity index (χ4n) is 3.05. The molecule has 1 saturated carbocycles. The molecule has 1 aliphatic heterocycles. The van der Waals surface area contributed by atoms with E-state index in [9.17, 15) is 0 Å².